The van der Waals surface area contributed by atoms with Crippen molar-refractivity contribution in [1.82, 2.24) is 0 Å². The Morgan fingerprint density at radius 2 is 2.04 bits per heavy atom. The van der Waals surface area contributed by atoms with E-state index in [0.717, 1.165) is 55.4 Å². The second-order valence-electron chi connectivity index (χ2n) is 7.45. The number of aromatic carboxylic acids is 1. The first-order valence-corrected chi connectivity index (χ1v) is 9.15. The molecule has 1 heterocycles. The van der Waals surface area contributed by atoms with Crippen LogP contribution in [0, 0.1) is 5.41 Å². The van der Waals surface area contributed by atoms with Crippen molar-refractivity contribution in [3.05, 3.63) is 26.5 Å². The summed E-state index contributed by atoms with van der Waals surface area (Å²) in [6.07, 6.45) is 7.09. The minimum Gasteiger partial charge on any atom is -0.478 e. The number of nitrogens with two attached hydrogens (primary N) is 1. The quantitative estimate of drug-likeness (QED) is 0.810. The smallest absolute Gasteiger partial charge is 0.337 e. The average molecular weight is 335 g/mol. The minimum atomic E-state index is -0.790. The number of allylic oxidation sites excluding steroid dienone is 1. The number of carboxylic acids is 1. The predicted octanol–water partition coefficient (Wildman–Crippen LogP) is 4.18. The molecule has 5 heteroatoms. The molecule has 3 rings (SSSR count). The summed E-state index contributed by atoms with van der Waals surface area (Å²) in [6, 6.07) is 0. The van der Waals surface area contributed by atoms with E-state index in [1.807, 2.05) is 0 Å². The van der Waals surface area contributed by atoms with Crippen LogP contribution in [-0.4, -0.2) is 17.7 Å². The van der Waals surface area contributed by atoms with Gasteiger partial charge in [0.2, 0.25) is 0 Å². The predicted molar refractivity (Wildman–Crippen MR) is 92.6 cm³/mol. The van der Waals surface area contributed by atoms with E-state index >= 15 is 0 Å². The molecule has 0 unspecified atom stereocenters. The highest BCUT2D eigenvalue weighted by Gasteiger charge is 2.34. The van der Waals surface area contributed by atoms with Crippen molar-refractivity contribution >= 4 is 22.9 Å². The molecule has 0 saturated carbocycles. The van der Waals surface area contributed by atoms with E-state index in [1.54, 1.807) is 11.3 Å². The van der Waals surface area contributed by atoms with Gasteiger partial charge in [-0.3, -0.25) is 0 Å². The number of hydrogen-bond donors (Lipinski definition) is 2. The standard InChI is InChI=1S/C18H25NO3S/c1-18(2)8-7-14-13(9-18)15(17(20)21)16(23-14)12-6-4-3-5-11(12)10-22-19/h3-10,19H2,1-2H3,(H,20,21). The van der Waals surface area contributed by atoms with Crippen molar-refractivity contribution in [2.75, 3.05) is 6.61 Å². The lowest BCUT2D eigenvalue weighted by molar-refractivity contribution is 0.0695. The molecule has 0 aromatic carbocycles. The lowest BCUT2D eigenvalue weighted by atomic mass is 9.75. The number of carboxylic acid groups (broad SMARTS) is 1. The SMILES string of the molecule is CC1(C)CCc2sc(C3=C(CON)CCCC3)c(C(=O)O)c2C1. The second-order valence-corrected chi connectivity index (χ2v) is 8.56. The number of aryl methyl sites for hydroxylation is 1. The molecule has 126 valence electrons. The summed E-state index contributed by atoms with van der Waals surface area (Å²) < 4.78 is 0. The molecule has 1 aromatic rings. The molecule has 23 heavy (non-hydrogen) atoms. The van der Waals surface area contributed by atoms with Crippen molar-refractivity contribution in [2.45, 2.75) is 58.8 Å². The van der Waals surface area contributed by atoms with E-state index in [1.165, 1.54) is 16.0 Å². The third-order valence-electron chi connectivity index (χ3n) is 5.10. The zero-order valence-corrected chi connectivity index (χ0v) is 14.7. The Morgan fingerprint density at radius 3 is 2.74 bits per heavy atom. The molecule has 4 nitrogen and oxygen atoms in total. The highest BCUT2D eigenvalue weighted by molar-refractivity contribution is 7.13. The summed E-state index contributed by atoms with van der Waals surface area (Å²) in [7, 11) is 0. The lowest BCUT2D eigenvalue weighted by Gasteiger charge is -2.29. The van der Waals surface area contributed by atoms with Gasteiger partial charge in [-0.25, -0.2) is 10.7 Å². The first-order chi connectivity index (χ1) is 10.9. The maximum absolute atomic E-state index is 12.0. The summed E-state index contributed by atoms with van der Waals surface area (Å²) in [4.78, 5) is 19.1. The van der Waals surface area contributed by atoms with Gasteiger partial charge < -0.3 is 9.94 Å². The van der Waals surface area contributed by atoms with E-state index < -0.39 is 5.97 Å². The molecule has 0 atom stereocenters. The summed E-state index contributed by atoms with van der Waals surface area (Å²) in [5, 5.41) is 9.86. The number of thiophene rings is 1. The Kier molecular flexibility index (Phi) is 4.63. The maximum atomic E-state index is 12.0. The topological polar surface area (TPSA) is 72.5 Å². The normalized spacial score (nSPS) is 20.5. The molecule has 0 amide bonds. The van der Waals surface area contributed by atoms with Crippen LogP contribution in [0.2, 0.25) is 0 Å². The first kappa shape index (κ1) is 16.7. The van der Waals surface area contributed by atoms with Crippen LogP contribution in [0.25, 0.3) is 5.57 Å². The lowest BCUT2D eigenvalue weighted by Crippen LogP contribution is -2.22. The molecule has 0 fully saturated rings. The minimum absolute atomic E-state index is 0.180. The van der Waals surface area contributed by atoms with Crippen LogP contribution in [0.1, 0.15) is 71.6 Å². The molecule has 0 saturated heterocycles. The van der Waals surface area contributed by atoms with Crippen LogP contribution in [0.5, 0.6) is 0 Å². The molecule has 0 bridgehead atoms. The highest BCUT2D eigenvalue weighted by atomic mass is 32.1. The van der Waals surface area contributed by atoms with Gasteiger partial charge in [0, 0.05) is 9.75 Å². The summed E-state index contributed by atoms with van der Waals surface area (Å²) in [5.41, 5.74) is 4.15. The van der Waals surface area contributed by atoms with Crippen LogP contribution in [0.3, 0.4) is 0 Å². The number of rotatable bonds is 4. The van der Waals surface area contributed by atoms with Crippen molar-refractivity contribution in [3.8, 4) is 0 Å². The highest BCUT2D eigenvalue weighted by Crippen LogP contribution is 2.46. The van der Waals surface area contributed by atoms with Crippen molar-refractivity contribution < 1.29 is 14.7 Å². The van der Waals surface area contributed by atoms with Gasteiger partial charge in [0.15, 0.2) is 0 Å². The third kappa shape index (κ3) is 3.23. The average Bonchev–Trinajstić information content (AvgIpc) is 2.85. The van der Waals surface area contributed by atoms with Gasteiger partial charge in [0.05, 0.1) is 12.2 Å². The maximum Gasteiger partial charge on any atom is 0.337 e. The Hall–Kier alpha value is -1.17. The van der Waals surface area contributed by atoms with Gasteiger partial charge in [-0.15, -0.1) is 11.3 Å². The van der Waals surface area contributed by atoms with E-state index in [0.29, 0.717) is 12.2 Å². The molecule has 3 N–H and O–H groups in total. The number of hydrogen-bond acceptors (Lipinski definition) is 4. The Bertz CT molecular complexity index is 657. The van der Waals surface area contributed by atoms with E-state index in [9.17, 15) is 9.90 Å². The molecular formula is C18H25NO3S. The van der Waals surface area contributed by atoms with Crippen LogP contribution >= 0.6 is 11.3 Å². The second kappa shape index (κ2) is 6.38. The third-order valence-corrected chi connectivity index (χ3v) is 6.45. The number of carbonyl (C=O) groups is 1. The van der Waals surface area contributed by atoms with Crippen molar-refractivity contribution in [2.24, 2.45) is 11.3 Å². The van der Waals surface area contributed by atoms with Crippen LogP contribution in [-0.2, 0) is 17.7 Å². The monoisotopic (exact) mass is 335 g/mol. The van der Waals surface area contributed by atoms with Crippen molar-refractivity contribution in [1.29, 1.82) is 0 Å². The molecule has 0 aliphatic heterocycles. The Balaban J connectivity index is 2.13. The molecule has 0 spiro atoms. The Labute approximate surface area is 141 Å². The van der Waals surface area contributed by atoms with E-state index in [-0.39, 0.29) is 5.41 Å². The molecular weight excluding hydrogens is 310 g/mol. The molecule has 0 radical (unpaired) electrons. The van der Waals surface area contributed by atoms with E-state index in [4.69, 9.17) is 10.7 Å². The molecule has 2 aliphatic rings. The fraction of sp³-hybridized carbons (Fsp3) is 0.611. The van der Waals surface area contributed by atoms with Gasteiger partial charge >= 0.3 is 5.97 Å². The van der Waals surface area contributed by atoms with Crippen LogP contribution < -0.4 is 5.90 Å². The fourth-order valence-corrected chi connectivity index (χ4v) is 5.29. The van der Waals surface area contributed by atoms with Crippen LogP contribution in [0.4, 0.5) is 0 Å². The number of fused-ring (bicyclic) bond motifs is 1. The van der Waals surface area contributed by atoms with Gasteiger partial charge in [-0.05, 0) is 67.1 Å². The molecule has 1 aromatic heterocycles. The summed E-state index contributed by atoms with van der Waals surface area (Å²) in [6.45, 7) is 4.86. The fourth-order valence-electron chi connectivity index (χ4n) is 3.86. The van der Waals surface area contributed by atoms with Gasteiger partial charge in [0.25, 0.3) is 0 Å². The largest absolute Gasteiger partial charge is 0.478 e. The Morgan fingerprint density at radius 1 is 1.30 bits per heavy atom. The van der Waals surface area contributed by atoms with E-state index in [2.05, 4.69) is 13.8 Å². The summed E-state index contributed by atoms with van der Waals surface area (Å²) in [5.74, 6) is 4.49. The van der Waals surface area contributed by atoms with Gasteiger partial charge in [0.1, 0.15) is 0 Å². The van der Waals surface area contributed by atoms with Gasteiger partial charge in [-0.1, -0.05) is 13.8 Å². The van der Waals surface area contributed by atoms with Gasteiger partial charge in [-0.2, -0.15) is 0 Å². The zero-order chi connectivity index (χ0) is 16.6. The summed E-state index contributed by atoms with van der Waals surface area (Å²) >= 11 is 1.69. The van der Waals surface area contributed by atoms with Crippen LogP contribution in [0.15, 0.2) is 5.57 Å². The molecule has 2 aliphatic carbocycles. The zero-order valence-electron chi connectivity index (χ0n) is 13.9. The van der Waals surface area contributed by atoms with Crippen molar-refractivity contribution in [3.63, 3.8) is 0 Å². The first-order valence-electron chi connectivity index (χ1n) is 8.34.